The van der Waals surface area contributed by atoms with Crippen LogP contribution in [0.5, 0.6) is 0 Å². The molecule has 146 valence electrons. The second-order valence-corrected chi connectivity index (χ2v) is 9.99. The molecule has 0 saturated carbocycles. The zero-order valence-corrected chi connectivity index (χ0v) is 16.6. The van der Waals surface area contributed by atoms with E-state index in [0.717, 1.165) is 28.2 Å². The van der Waals surface area contributed by atoms with E-state index in [1.54, 1.807) is 0 Å². The lowest BCUT2D eigenvalue weighted by atomic mass is 10.1. The number of anilines is 1. The molecule has 1 saturated heterocycles. The van der Waals surface area contributed by atoms with Crippen molar-refractivity contribution in [3.8, 4) is 0 Å². The van der Waals surface area contributed by atoms with E-state index >= 15 is 0 Å². The molecule has 0 spiro atoms. The van der Waals surface area contributed by atoms with Crippen molar-refractivity contribution in [3.63, 3.8) is 0 Å². The van der Waals surface area contributed by atoms with Crippen molar-refractivity contribution in [2.24, 2.45) is 5.92 Å². The molecule has 1 aromatic heterocycles. The minimum absolute atomic E-state index is 0.0273. The van der Waals surface area contributed by atoms with Crippen LogP contribution in [0.4, 0.5) is 5.69 Å². The Hall–Kier alpha value is -2.39. The molecule has 1 fully saturated rings. The molecule has 1 unspecified atom stereocenters. The summed E-state index contributed by atoms with van der Waals surface area (Å²) in [7, 11) is -2.92. The first-order chi connectivity index (χ1) is 13.5. The highest BCUT2D eigenvalue weighted by molar-refractivity contribution is 7.99. The summed E-state index contributed by atoms with van der Waals surface area (Å²) in [5.41, 5.74) is 0.734. The summed E-state index contributed by atoms with van der Waals surface area (Å²) in [6.07, 6.45) is 1.08. The number of benzene rings is 2. The van der Waals surface area contributed by atoms with Crippen molar-refractivity contribution in [1.29, 1.82) is 0 Å². The first-order valence-electron chi connectivity index (χ1n) is 8.91. The zero-order valence-electron chi connectivity index (χ0n) is 15.0. The van der Waals surface area contributed by atoms with E-state index < -0.39 is 9.84 Å². The van der Waals surface area contributed by atoms with Crippen LogP contribution < -0.4 is 5.32 Å². The van der Waals surface area contributed by atoms with Gasteiger partial charge in [-0.2, -0.15) is 0 Å². The fourth-order valence-electron chi connectivity index (χ4n) is 3.25. The minimum atomic E-state index is -2.92. The summed E-state index contributed by atoms with van der Waals surface area (Å²) in [6, 6.07) is 13.7. The third-order valence-corrected chi connectivity index (χ3v) is 7.25. The summed E-state index contributed by atoms with van der Waals surface area (Å²) >= 11 is 1.16. The van der Waals surface area contributed by atoms with Crippen molar-refractivity contribution in [3.05, 3.63) is 48.4 Å². The lowest BCUT2D eigenvalue weighted by Gasteiger charge is -2.05. The highest BCUT2D eigenvalue weighted by Crippen LogP contribution is 2.24. The van der Waals surface area contributed by atoms with Crippen molar-refractivity contribution < 1.29 is 17.6 Å². The van der Waals surface area contributed by atoms with Crippen molar-refractivity contribution in [1.82, 2.24) is 10.2 Å². The Balaban J connectivity index is 1.29. The van der Waals surface area contributed by atoms with Crippen molar-refractivity contribution in [2.75, 3.05) is 22.6 Å². The van der Waals surface area contributed by atoms with Gasteiger partial charge in [0.1, 0.15) is 0 Å². The van der Waals surface area contributed by atoms with E-state index in [2.05, 4.69) is 15.5 Å². The average Bonchev–Trinajstić information content (AvgIpc) is 3.26. The molecule has 0 bridgehead atoms. The second kappa shape index (κ2) is 7.92. The van der Waals surface area contributed by atoms with Gasteiger partial charge in [-0.05, 0) is 35.2 Å². The Morgan fingerprint density at radius 3 is 2.79 bits per heavy atom. The molecule has 2 heterocycles. The molecule has 1 amide bonds. The van der Waals surface area contributed by atoms with Gasteiger partial charge in [-0.3, -0.25) is 4.79 Å². The highest BCUT2D eigenvalue weighted by atomic mass is 32.2. The van der Waals surface area contributed by atoms with E-state index in [1.807, 2.05) is 42.5 Å². The summed E-state index contributed by atoms with van der Waals surface area (Å²) < 4.78 is 28.6. The number of hydrogen-bond donors (Lipinski definition) is 1. The predicted molar refractivity (Wildman–Crippen MR) is 108 cm³/mol. The normalized spacial score (nSPS) is 18.4. The van der Waals surface area contributed by atoms with Gasteiger partial charge in [-0.1, -0.05) is 42.1 Å². The molecule has 9 heteroatoms. The van der Waals surface area contributed by atoms with Crippen molar-refractivity contribution >= 4 is 44.0 Å². The molecule has 1 aliphatic heterocycles. The van der Waals surface area contributed by atoms with Crippen LogP contribution >= 0.6 is 11.8 Å². The fourth-order valence-corrected chi connectivity index (χ4v) is 5.69. The number of rotatable bonds is 6. The lowest BCUT2D eigenvalue weighted by Crippen LogP contribution is -2.13. The first kappa shape index (κ1) is 18.9. The molecule has 0 aliphatic carbocycles. The third kappa shape index (κ3) is 4.71. The first-order valence-corrected chi connectivity index (χ1v) is 11.7. The SMILES string of the molecule is O=C(CSc1nnc(CC2CCS(=O)(=O)C2)o1)Nc1ccc2ccccc2c1. The maximum Gasteiger partial charge on any atom is 0.277 e. The van der Waals surface area contributed by atoms with E-state index in [1.165, 1.54) is 0 Å². The number of nitrogens with zero attached hydrogens (tertiary/aromatic N) is 2. The number of carbonyl (C=O) groups is 1. The van der Waals surface area contributed by atoms with E-state index in [-0.39, 0.29) is 29.1 Å². The average molecular weight is 418 g/mol. The number of fused-ring (bicyclic) bond motifs is 1. The molecule has 1 aliphatic rings. The zero-order chi connectivity index (χ0) is 19.6. The van der Waals surface area contributed by atoms with Crippen LogP contribution in [0.15, 0.2) is 52.1 Å². The van der Waals surface area contributed by atoms with Crippen molar-refractivity contribution in [2.45, 2.75) is 18.1 Å². The number of thioether (sulfide) groups is 1. The predicted octanol–water partition coefficient (Wildman–Crippen LogP) is 2.93. The van der Waals surface area contributed by atoms with Gasteiger partial charge in [0.05, 0.1) is 17.3 Å². The Kier molecular flexibility index (Phi) is 5.36. The van der Waals surface area contributed by atoms with Crippen LogP contribution in [0.1, 0.15) is 12.3 Å². The maximum absolute atomic E-state index is 12.2. The molecule has 4 rings (SSSR count). The molecule has 3 aromatic rings. The molecule has 1 N–H and O–H groups in total. The third-order valence-electron chi connectivity index (χ3n) is 4.60. The van der Waals surface area contributed by atoms with Gasteiger partial charge in [0.15, 0.2) is 9.84 Å². The molecule has 7 nitrogen and oxygen atoms in total. The quantitative estimate of drug-likeness (QED) is 0.615. The van der Waals surface area contributed by atoms with Crippen LogP contribution in [-0.2, 0) is 21.1 Å². The number of sulfone groups is 1. The van der Waals surface area contributed by atoms with E-state index in [0.29, 0.717) is 24.0 Å². The standard InChI is InChI=1S/C19H19N3O4S2/c23-17(20-16-6-5-14-3-1-2-4-15(14)10-16)11-27-19-22-21-18(26-19)9-13-7-8-28(24,25)12-13/h1-6,10,13H,7-9,11-12H2,(H,20,23). The van der Waals surface area contributed by atoms with Gasteiger partial charge in [0.2, 0.25) is 11.8 Å². The van der Waals surface area contributed by atoms with Crippen LogP contribution in [0.25, 0.3) is 10.8 Å². The van der Waals surface area contributed by atoms with Gasteiger partial charge in [0.25, 0.3) is 5.22 Å². The molecule has 2 aromatic carbocycles. The summed E-state index contributed by atoms with van der Waals surface area (Å²) in [6.45, 7) is 0. The summed E-state index contributed by atoms with van der Waals surface area (Å²) in [5.74, 6) is 0.821. The monoisotopic (exact) mass is 417 g/mol. The highest BCUT2D eigenvalue weighted by Gasteiger charge is 2.29. The number of hydrogen-bond acceptors (Lipinski definition) is 7. The molecular formula is C19H19N3O4S2. The summed E-state index contributed by atoms with van der Waals surface area (Å²) in [5, 5.41) is 13.2. The summed E-state index contributed by atoms with van der Waals surface area (Å²) in [4.78, 5) is 12.2. The van der Waals surface area contributed by atoms with Gasteiger partial charge >= 0.3 is 0 Å². The maximum atomic E-state index is 12.2. The van der Waals surface area contributed by atoms with Crippen LogP contribution in [0, 0.1) is 5.92 Å². The van der Waals surface area contributed by atoms with Gasteiger partial charge < -0.3 is 9.73 Å². The molecule has 0 radical (unpaired) electrons. The Morgan fingerprint density at radius 1 is 1.18 bits per heavy atom. The number of aromatic nitrogens is 2. The smallest absolute Gasteiger partial charge is 0.277 e. The lowest BCUT2D eigenvalue weighted by molar-refractivity contribution is -0.113. The minimum Gasteiger partial charge on any atom is -0.416 e. The molecule has 28 heavy (non-hydrogen) atoms. The van der Waals surface area contributed by atoms with E-state index in [9.17, 15) is 13.2 Å². The Labute approximate surface area is 166 Å². The topological polar surface area (TPSA) is 102 Å². The van der Waals surface area contributed by atoms with Crippen LogP contribution in [0.3, 0.4) is 0 Å². The van der Waals surface area contributed by atoms with Gasteiger partial charge in [-0.15, -0.1) is 10.2 Å². The van der Waals surface area contributed by atoms with E-state index in [4.69, 9.17) is 4.42 Å². The van der Waals surface area contributed by atoms with Crippen LogP contribution in [0.2, 0.25) is 0 Å². The van der Waals surface area contributed by atoms with Gasteiger partial charge in [-0.25, -0.2) is 8.42 Å². The number of carbonyl (C=O) groups excluding carboxylic acids is 1. The van der Waals surface area contributed by atoms with Crippen LogP contribution in [-0.4, -0.2) is 41.8 Å². The largest absolute Gasteiger partial charge is 0.416 e. The Morgan fingerprint density at radius 2 is 2.00 bits per heavy atom. The number of amides is 1. The molecule has 1 atom stereocenters. The molecular weight excluding hydrogens is 398 g/mol. The second-order valence-electron chi connectivity index (χ2n) is 6.83. The van der Waals surface area contributed by atoms with Gasteiger partial charge in [0, 0.05) is 12.1 Å². The fraction of sp³-hybridized carbons (Fsp3) is 0.316. The number of nitrogens with one attached hydrogen (secondary N) is 1. The Bertz CT molecular complexity index is 1110.